The molecule has 0 amide bonds. The lowest BCUT2D eigenvalue weighted by atomic mass is 9.74. The van der Waals surface area contributed by atoms with E-state index < -0.39 is 5.60 Å². The quantitative estimate of drug-likeness (QED) is 0.788. The lowest BCUT2D eigenvalue weighted by molar-refractivity contribution is -0.144. The van der Waals surface area contributed by atoms with Crippen molar-refractivity contribution < 1.29 is 19.0 Å². The van der Waals surface area contributed by atoms with E-state index in [1.807, 2.05) is 67.6 Å². The van der Waals surface area contributed by atoms with Crippen LogP contribution in [0, 0.1) is 5.92 Å². The molecule has 1 saturated heterocycles. The fourth-order valence-corrected chi connectivity index (χ4v) is 3.83. The van der Waals surface area contributed by atoms with Crippen molar-refractivity contribution in [2.75, 3.05) is 19.8 Å². The maximum atomic E-state index is 12.6. The second-order valence-electron chi connectivity index (χ2n) is 6.30. The zero-order valence-corrected chi connectivity index (χ0v) is 14.1. The van der Waals surface area contributed by atoms with E-state index in [0.717, 1.165) is 11.1 Å². The summed E-state index contributed by atoms with van der Waals surface area (Å²) in [5, 5.41) is 0. The van der Waals surface area contributed by atoms with Gasteiger partial charge in [0, 0.05) is 11.1 Å². The van der Waals surface area contributed by atoms with E-state index in [0.29, 0.717) is 24.5 Å². The predicted octanol–water partition coefficient (Wildman–Crippen LogP) is 3.42. The number of allylic oxidation sites excluding steroid dienone is 1. The Hall–Kier alpha value is -2.59. The van der Waals surface area contributed by atoms with Crippen molar-refractivity contribution in [1.29, 1.82) is 0 Å². The number of benzene rings is 2. The number of rotatable bonds is 2. The molecule has 0 spiro atoms. The third-order valence-electron chi connectivity index (χ3n) is 4.90. The van der Waals surface area contributed by atoms with Crippen molar-refractivity contribution in [1.82, 2.24) is 0 Å². The summed E-state index contributed by atoms with van der Waals surface area (Å²) in [7, 11) is 0. The molecule has 0 aromatic heterocycles. The monoisotopic (exact) mass is 336 g/mol. The van der Waals surface area contributed by atoms with Crippen LogP contribution in [0.5, 0.6) is 0 Å². The van der Waals surface area contributed by atoms with Gasteiger partial charge in [-0.25, -0.2) is 4.79 Å². The molecule has 0 aliphatic carbocycles. The number of esters is 1. The number of carbonyl (C=O) groups excluding carboxylic acids is 1. The number of fused-ring (bicyclic) bond motifs is 1. The van der Waals surface area contributed by atoms with Crippen molar-refractivity contribution >= 4 is 5.97 Å². The maximum absolute atomic E-state index is 12.6. The number of hydrogen-bond donors (Lipinski definition) is 0. The third-order valence-corrected chi connectivity index (χ3v) is 4.90. The summed E-state index contributed by atoms with van der Waals surface area (Å²) in [6, 6.07) is 20.0. The van der Waals surface area contributed by atoms with Crippen LogP contribution in [0.3, 0.4) is 0 Å². The molecule has 1 atom stereocenters. The Labute approximate surface area is 147 Å². The van der Waals surface area contributed by atoms with Gasteiger partial charge < -0.3 is 14.2 Å². The van der Waals surface area contributed by atoms with Gasteiger partial charge in [-0.15, -0.1) is 0 Å². The minimum absolute atomic E-state index is 0.259. The molecule has 25 heavy (non-hydrogen) atoms. The minimum atomic E-state index is -0.793. The van der Waals surface area contributed by atoms with E-state index in [9.17, 15) is 4.79 Å². The number of ether oxygens (including phenoxy) is 3. The van der Waals surface area contributed by atoms with Crippen LogP contribution in [0.2, 0.25) is 0 Å². The van der Waals surface area contributed by atoms with Crippen LogP contribution in [0.25, 0.3) is 0 Å². The molecular formula is C21H20O4. The molecule has 0 saturated carbocycles. The first-order chi connectivity index (χ1) is 12.2. The normalized spacial score (nSPS) is 22.4. The van der Waals surface area contributed by atoms with Crippen LogP contribution in [-0.4, -0.2) is 25.8 Å². The first kappa shape index (κ1) is 15.9. The van der Waals surface area contributed by atoms with Crippen molar-refractivity contribution in [3.05, 3.63) is 83.1 Å². The molecule has 1 unspecified atom stereocenters. The largest absolute Gasteiger partial charge is 0.481 e. The van der Waals surface area contributed by atoms with Crippen LogP contribution >= 0.6 is 0 Å². The summed E-state index contributed by atoms with van der Waals surface area (Å²) in [6.45, 7) is 2.91. The van der Waals surface area contributed by atoms with E-state index in [1.54, 1.807) is 0 Å². The second kappa shape index (κ2) is 6.37. The first-order valence-electron chi connectivity index (χ1n) is 8.49. The van der Waals surface area contributed by atoms with E-state index in [1.165, 1.54) is 0 Å². The van der Waals surface area contributed by atoms with Crippen molar-refractivity contribution in [3.63, 3.8) is 0 Å². The van der Waals surface area contributed by atoms with Gasteiger partial charge in [0.25, 0.3) is 0 Å². The molecule has 2 aliphatic heterocycles. The van der Waals surface area contributed by atoms with Gasteiger partial charge in [0.1, 0.15) is 12.4 Å². The zero-order chi connectivity index (χ0) is 17.3. The standard InChI is InChI=1S/C21H20O4/c1-15-19-18(14-23-12-13-24-20(19)22)21(25-15,16-8-4-2-5-9-16)17-10-6-3-7-11-17/h2-11,18H,12-14H2,1H3. The molecule has 2 aliphatic rings. The van der Waals surface area contributed by atoms with Gasteiger partial charge in [-0.05, 0) is 6.92 Å². The van der Waals surface area contributed by atoms with Crippen LogP contribution in [-0.2, 0) is 24.6 Å². The fraction of sp³-hybridized carbons (Fsp3) is 0.286. The minimum Gasteiger partial charge on any atom is -0.481 e. The molecule has 4 heteroatoms. The van der Waals surface area contributed by atoms with Gasteiger partial charge >= 0.3 is 5.97 Å². The maximum Gasteiger partial charge on any atom is 0.338 e. The Morgan fingerprint density at radius 2 is 1.52 bits per heavy atom. The molecule has 1 fully saturated rings. The van der Waals surface area contributed by atoms with Gasteiger partial charge in [0.05, 0.1) is 24.7 Å². The highest BCUT2D eigenvalue weighted by molar-refractivity contribution is 5.91. The highest BCUT2D eigenvalue weighted by atomic mass is 16.6. The van der Waals surface area contributed by atoms with Gasteiger partial charge in [0.15, 0.2) is 5.60 Å². The summed E-state index contributed by atoms with van der Waals surface area (Å²) < 4.78 is 17.6. The molecular weight excluding hydrogens is 316 g/mol. The summed E-state index contributed by atoms with van der Waals surface area (Å²) >= 11 is 0. The highest BCUT2D eigenvalue weighted by Crippen LogP contribution is 2.51. The molecule has 2 aromatic rings. The smallest absolute Gasteiger partial charge is 0.338 e. The third kappa shape index (κ3) is 2.53. The summed E-state index contributed by atoms with van der Waals surface area (Å²) in [5.74, 6) is 0.0397. The molecule has 0 N–H and O–H groups in total. The fourth-order valence-electron chi connectivity index (χ4n) is 3.83. The Bertz CT molecular complexity index is 756. The molecule has 4 rings (SSSR count). The van der Waals surface area contributed by atoms with Crippen LogP contribution in [0.1, 0.15) is 18.1 Å². The zero-order valence-electron chi connectivity index (χ0n) is 14.1. The molecule has 0 bridgehead atoms. The Balaban J connectivity index is 1.92. The van der Waals surface area contributed by atoms with Gasteiger partial charge in [-0.2, -0.15) is 0 Å². The molecule has 2 heterocycles. The number of cyclic esters (lactones) is 1. The average Bonchev–Trinajstić information content (AvgIpc) is 2.93. The lowest BCUT2D eigenvalue weighted by Gasteiger charge is -2.37. The van der Waals surface area contributed by atoms with Crippen LogP contribution < -0.4 is 0 Å². The molecule has 128 valence electrons. The predicted molar refractivity (Wildman–Crippen MR) is 92.7 cm³/mol. The first-order valence-corrected chi connectivity index (χ1v) is 8.49. The second-order valence-corrected chi connectivity index (χ2v) is 6.30. The van der Waals surface area contributed by atoms with E-state index in [2.05, 4.69) is 0 Å². The van der Waals surface area contributed by atoms with E-state index in [-0.39, 0.29) is 18.5 Å². The van der Waals surface area contributed by atoms with Gasteiger partial charge in [-0.1, -0.05) is 60.7 Å². The van der Waals surface area contributed by atoms with Gasteiger partial charge in [0.2, 0.25) is 0 Å². The highest BCUT2D eigenvalue weighted by Gasteiger charge is 2.54. The number of hydrogen-bond acceptors (Lipinski definition) is 4. The Morgan fingerprint density at radius 3 is 2.12 bits per heavy atom. The summed E-state index contributed by atoms with van der Waals surface area (Å²) in [5.41, 5.74) is 1.78. The van der Waals surface area contributed by atoms with E-state index in [4.69, 9.17) is 14.2 Å². The van der Waals surface area contributed by atoms with Crippen molar-refractivity contribution in [2.24, 2.45) is 5.92 Å². The van der Waals surface area contributed by atoms with Gasteiger partial charge in [-0.3, -0.25) is 0 Å². The SMILES string of the molecule is CC1=C2C(=O)OCCOCC2C(c2ccccc2)(c2ccccc2)O1. The van der Waals surface area contributed by atoms with Crippen LogP contribution in [0.15, 0.2) is 72.0 Å². The molecule has 4 nitrogen and oxygen atoms in total. The summed E-state index contributed by atoms with van der Waals surface area (Å²) in [6.07, 6.45) is 0. The van der Waals surface area contributed by atoms with Crippen molar-refractivity contribution in [2.45, 2.75) is 12.5 Å². The van der Waals surface area contributed by atoms with Crippen LogP contribution in [0.4, 0.5) is 0 Å². The lowest BCUT2D eigenvalue weighted by Crippen LogP contribution is -2.40. The summed E-state index contributed by atoms with van der Waals surface area (Å²) in [4.78, 5) is 12.6. The van der Waals surface area contributed by atoms with E-state index >= 15 is 0 Å². The topological polar surface area (TPSA) is 44.8 Å². The Morgan fingerprint density at radius 1 is 0.920 bits per heavy atom. The number of carbonyl (C=O) groups is 1. The Kier molecular flexibility index (Phi) is 4.06. The van der Waals surface area contributed by atoms with Crippen molar-refractivity contribution in [3.8, 4) is 0 Å². The molecule has 0 radical (unpaired) electrons. The molecule has 2 aromatic carbocycles. The average molecular weight is 336 g/mol.